The minimum Gasteiger partial charge on any atom is -0.294 e. The molecule has 152 valence electrons. The molecule has 0 radical (unpaired) electrons. The van der Waals surface area contributed by atoms with Crippen LogP contribution in [0.3, 0.4) is 0 Å². The van der Waals surface area contributed by atoms with Crippen molar-refractivity contribution in [3.8, 4) is 0 Å². The highest BCUT2D eigenvalue weighted by Gasteiger charge is 2.35. The molecular weight excluding hydrogens is 486 g/mol. The molecule has 2 rings (SSSR count). The van der Waals surface area contributed by atoms with Gasteiger partial charge in [-0.25, -0.2) is 0 Å². The van der Waals surface area contributed by atoms with Crippen molar-refractivity contribution in [2.75, 3.05) is 0 Å². The molecule has 0 bridgehead atoms. The van der Waals surface area contributed by atoms with Crippen molar-refractivity contribution in [2.45, 2.75) is 39.2 Å². The van der Waals surface area contributed by atoms with Crippen molar-refractivity contribution < 1.29 is 9.59 Å². The maximum Gasteiger partial charge on any atom is 0.284 e. The molecule has 0 heterocycles. The molecule has 0 saturated carbocycles. The van der Waals surface area contributed by atoms with Gasteiger partial charge in [-0.05, 0) is 44.0 Å². The summed E-state index contributed by atoms with van der Waals surface area (Å²) in [5.41, 5.74) is 1.26. The van der Waals surface area contributed by atoms with E-state index in [1.54, 1.807) is 50.2 Å². The lowest BCUT2D eigenvalue weighted by Crippen LogP contribution is -2.48. The molecule has 2 aromatic carbocycles. The molecule has 0 saturated heterocycles. The average Bonchev–Trinajstić information content (AvgIpc) is 2.65. The number of hydrazine groups is 1. The topological polar surface area (TPSA) is 40.6 Å². The Kier molecular flexibility index (Phi) is 9.44. The van der Waals surface area contributed by atoms with Gasteiger partial charge < -0.3 is 0 Å². The molecule has 0 fully saturated rings. The van der Waals surface area contributed by atoms with Gasteiger partial charge in [-0.15, -0.1) is 16.9 Å². The lowest BCUT2D eigenvalue weighted by Gasteiger charge is -2.35. The molecular formula is C20H22BrCl3N2O2. The number of rotatable bonds is 7. The number of benzene rings is 2. The second kappa shape index (κ2) is 10.6. The fourth-order valence-electron chi connectivity index (χ4n) is 2.53. The van der Waals surface area contributed by atoms with Crippen molar-refractivity contribution in [2.24, 2.45) is 0 Å². The van der Waals surface area contributed by atoms with E-state index in [2.05, 4.69) is 22.9 Å². The van der Waals surface area contributed by atoms with Crippen LogP contribution in [0, 0.1) is 0 Å². The number of carbonyl (C=O) groups is 2. The zero-order valence-electron chi connectivity index (χ0n) is 15.8. The summed E-state index contributed by atoms with van der Waals surface area (Å²) >= 11 is 15.8. The first-order chi connectivity index (χ1) is 12.7. The minimum atomic E-state index is -0.883. The maximum atomic E-state index is 12.6. The van der Waals surface area contributed by atoms with E-state index in [4.69, 9.17) is 23.6 Å². The summed E-state index contributed by atoms with van der Waals surface area (Å²) in [6.07, 6.45) is 1.01. The van der Waals surface area contributed by atoms with Gasteiger partial charge in [0.05, 0.1) is 5.54 Å². The smallest absolute Gasteiger partial charge is 0.284 e. The van der Waals surface area contributed by atoms with Crippen LogP contribution >= 0.6 is 51.9 Å². The fraction of sp³-hybridized carbons (Fsp3) is 0.300. The summed E-state index contributed by atoms with van der Waals surface area (Å²) < 4.78 is 2.62. The van der Waals surface area contributed by atoms with Gasteiger partial charge in [0, 0.05) is 45.6 Å². The fourth-order valence-corrected chi connectivity index (χ4v) is 3.36. The van der Waals surface area contributed by atoms with Crippen LogP contribution in [-0.2, 0) is 6.42 Å². The van der Waals surface area contributed by atoms with Gasteiger partial charge in [-0.1, -0.05) is 53.2 Å². The van der Waals surface area contributed by atoms with Crippen molar-refractivity contribution in [1.82, 2.24) is 9.06 Å². The minimum absolute atomic E-state index is 0. The SMILES string of the molecule is CCc1ccc(C(=O)CC(C)(C)N(Cl)N(Cl)C(=O)c2cccc(Br)c2)cc1.Cl. The molecule has 0 aliphatic carbocycles. The third kappa shape index (κ3) is 6.19. The summed E-state index contributed by atoms with van der Waals surface area (Å²) in [4.78, 5) is 25.2. The van der Waals surface area contributed by atoms with Crippen LogP contribution in [0.1, 0.15) is 53.5 Å². The van der Waals surface area contributed by atoms with Gasteiger partial charge in [-0.2, -0.15) is 4.53 Å². The molecule has 0 aliphatic heterocycles. The third-order valence-electron chi connectivity index (χ3n) is 4.17. The molecule has 2 aromatic rings. The summed E-state index contributed by atoms with van der Waals surface area (Å²) in [6, 6.07) is 14.3. The van der Waals surface area contributed by atoms with Gasteiger partial charge in [-0.3, -0.25) is 9.59 Å². The Morgan fingerprint density at radius 1 is 1.04 bits per heavy atom. The highest BCUT2D eigenvalue weighted by Crippen LogP contribution is 2.28. The van der Waals surface area contributed by atoms with E-state index < -0.39 is 11.4 Å². The molecule has 4 nitrogen and oxygen atoms in total. The van der Waals surface area contributed by atoms with Crippen LogP contribution in [0.2, 0.25) is 0 Å². The molecule has 0 spiro atoms. The lowest BCUT2D eigenvalue weighted by atomic mass is 9.94. The summed E-state index contributed by atoms with van der Waals surface area (Å²) in [5, 5.41) is 0. The average molecular weight is 509 g/mol. The largest absolute Gasteiger partial charge is 0.294 e. The number of carbonyl (C=O) groups excluding carboxylic acids is 2. The number of ketones is 1. The van der Waals surface area contributed by atoms with Gasteiger partial charge in [0.2, 0.25) is 0 Å². The first-order valence-electron chi connectivity index (χ1n) is 8.49. The Labute approximate surface area is 190 Å². The highest BCUT2D eigenvalue weighted by molar-refractivity contribution is 9.10. The van der Waals surface area contributed by atoms with E-state index in [-0.39, 0.29) is 24.6 Å². The third-order valence-corrected chi connectivity index (χ3v) is 5.65. The Balaban J connectivity index is 0.00000392. The molecule has 0 atom stereocenters. The molecule has 0 N–H and O–H groups in total. The van der Waals surface area contributed by atoms with Gasteiger partial charge in [0.25, 0.3) is 5.91 Å². The summed E-state index contributed by atoms with van der Waals surface area (Å²) in [7, 11) is 0. The number of Topliss-reactive ketones (excluding diaryl/α,β-unsaturated/α-hetero) is 1. The number of nitrogens with zero attached hydrogens (tertiary/aromatic N) is 2. The second-order valence-electron chi connectivity index (χ2n) is 6.80. The second-order valence-corrected chi connectivity index (χ2v) is 8.35. The molecule has 28 heavy (non-hydrogen) atoms. The molecule has 0 aromatic heterocycles. The van der Waals surface area contributed by atoms with E-state index in [0.29, 0.717) is 11.1 Å². The number of amides is 1. The molecule has 8 heteroatoms. The van der Waals surface area contributed by atoms with Gasteiger partial charge >= 0.3 is 0 Å². The maximum absolute atomic E-state index is 12.6. The predicted octanol–water partition coefficient (Wildman–Crippen LogP) is 6.45. The highest BCUT2D eigenvalue weighted by atomic mass is 79.9. The van der Waals surface area contributed by atoms with E-state index in [1.807, 2.05) is 12.1 Å². The quantitative estimate of drug-likeness (QED) is 0.245. The van der Waals surface area contributed by atoms with Gasteiger partial charge in [0.15, 0.2) is 5.78 Å². The van der Waals surface area contributed by atoms with Crippen LogP contribution in [-0.4, -0.2) is 26.3 Å². The van der Waals surface area contributed by atoms with E-state index in [9.17, 15) is 9.59 Å². The Morgan fingerprint density at radius 2 is 1.64 bits per heavy atom. The van der Waals surface area contributed by atoms with Crippen LogP contribution in [0.5, 0.6) is 0 Å². The standard InChI is InChI=1S/C20H21BrCl2N2O2.ClH/c1-4-14-8-10-15(11-9-14)18(26)13-20(2,3)25(23)24(22)19(27)16-6-5-7-17(21)12-16;/h5-12H,4,13H2,1-3H3;1H. The number of hydrogen-bond acceptors (Lipinski definition) is 3. The summed E-state index contributed by atoms with van der Waals surface area (Å²) in [6.45, 7) is 5.56. The zero-order chi connectivity index (χ0) is 20.2. The van der Waals surface area contributed by atoms with Crippen molar-refractivity contribution in [1.29, 1.82) is 0 Å². The van der Waals surface area contributed by atoms with E-state index in [0.717, 1.165) is 25.5 Å². The van der Waals surface area contributed by atoms with Crippen LogP contribution in [0.25, 0.3) is 0 Å². The first kappa shape index (κ1) is 24.9. The molecule has 0 aliphatic rings. The molecule has 1 amide bonds. The Hall–Kier alpha value is -1.11. The summed E-state index contributed by atoms with van der Waals surface area (Å²) in [5.74, 6) is -0.561. The number of hydrogen-bond donors (Lipinski definition) is 0. The molecule has 0 unspecified atom stereocenters. The first-order valence-corrected chi connectivity index (χ1v) is 9.96. The van der Waals surface area contributed by atoms with E-state index >= 15 is 0 Å². The normalized spacial score (nSPS) is 11.1. The van der Waals surface area contributed by atoms with Crippen molar-refractivity contribution >= 4 is 63.6 Å². The van der Waals surface area contributed by atoms with Crippen LogP contribution in [0.4, 0.5) is 0 Å². The van der Waals surface area contributed by atoms with Crippen LogP contribution in [0.15, 0.2) is 53.0 Å². The van der Waals surface area contributed by atoms with E-state index in [1.165, 1.54) is 0 Å². The van der Waals surface area contributed by atoms with Crippen molar-refractivity contribution in [3.05, 3.63) is 69.7 Å². The Bertz CT molecular complexity index is 828. The van der Waals surface area contributed by atoms with Crippen molar-refractivity contribution in [3.63, 3.8) is 0 Å². The monoisotopic (exact) mass is 506 g/mol. The zero-order valence-corrected chi connectivity index (χ0v) is 19.7. The van der Waals surface area contributed by atoms with Gasteiger partial charge in [0.1, 0.15) is 0 Å². The Morgan fingerprint density at radius 3 is 2.18 bits per heavy atom. The predicted molar refractivity (Wildman–Crippen MR) is 120 cm³/mol. The number of halogens is 4. The number of aryl methyl sites for hydroxylation is 1. The van der Waals surface area contributed by atoms with Crippen LogP contribution < -0.4 is 0 Å². The lowest BCUT2D eigenvalue weighted by molar-refractivity contribution is 0.0374.